The maximum Gasteiger partial charge on any atom is 0.0438 e. The molecule has 2 atom stereocenters. The first kappa shape index (κ1) is 13.1. The van der Waals surface area contributed by atoms with Crippen LogP contribution >= 0.6 is 11.3 Å². The van der Waals surface area contributed by atoms with Crippen LogP contribution in [0, 0.1) is 11.8 Å². The van der Waals surface area contributed by atoms with E-state index in [4.69, 9.17) is 0 Å². The van der Waals surface area contributed by atoms with Crippen molar-refractivity contribution in [1.29, 1.82) is 0 Å². The maximum atomic E-state index is 3.76. The summed E-state index contributed by atoms with van der Waals surface area (Å²) < 4.78 is 0. The van der Waals surface area contributed by atoms with Gasteiger partial charge in [0.15, 0.2) is 0 Å². The molecular weight excluding hydrogens is 228 g/mol. The van der Waals surface area contributed by atoms with Gasteiger partial charge in [0.2, 0.25) is 0 Å². The first-order valence-corrected chi connectivity index (χ1v) is 7.63. The van der Waals surface area contributed by atoms with Crippen LogP contribution in [0.25, 0.3) is 0 Å². The van der Waals surface area contributed by atoms with E-state index < -0.39 is 0 Å². The molecule has 0 aliphatic carbocycles. The average molecular weight is 252 g/mol. The van der Waals surface area contributed by atoms with Crippen molar-refractivity contribution in [2.75, 3.05) is 19.6 Å². The summed E-state index contributed by atoms with van der Waals surface area (Å²) in [5, 5.41) is 9.42. The molecule has 0 radical (unpaired) electrons. The van der Waals surface area contributed by atoms with Crippen LogP contribution in [0.1, 0.15) is 37.6 Å². The van der Waals surface area contributed by atoms with Crippen molar-refractivity contribution < 1.29 is 0 Å². The predicted molar refractivity (Wildman–Crippen MR) is 75.5 cm³/mol. The first-order chi connectivity index (χ1) is 8.27. The average Bonchev–Trinajstić information content (AvgIpc) is 2.84. The maximum absolute atomic E-state index is 3.76. The zero-order valence-electron chi connectivity index (χ0n) is 10.9. The van der Waals surface area contributed by atoms with Crippen LogP contribution in [0.4, 0.5) is 0 Å². The third-order valence-electron chi connectivity index (χ3n) is 3.54. The van der Waals surface area contributed by atoms with Gasteiger partial charge >= 0.3 is 0 Å². The number of hydrogen-bond donors (Lipinski definition) is 2. The summed E-state index contributed by atoms with van der Waals surface area (Å²) in [6.45, 7) is 8.14. The van der Waals surface area contributed by atoms with Gasteiger partial charge in [0.05, 0.1) is 0 Å². The topological polar surface area (TPSA) is 24.1 Å². The molecular formula is C14H24N2S. The molecule has 0 spiro atoms. The van der Waals surface area contributed by atoms with Gasteiger partial charge in [0.1, 0.15) is 0 Å². The van der Waals surface area contributed by atoms with Crippen LogP contribution in [0.15, 0.2) is 17.5 Å². The molecule has 17 heavy (non-hydrogen) atoms. The fraction of sp³-hybridized carbons (Fsp3) is 0.714. The summed E-state index contributed by atoms with van der Waals surface area (Å²) in [5.74, 6) is 1.47. The summed E-state index contributed by atoms with van der Waals surface area (Å²) >= 11 is 1.87. The number of nitrogens with one attached hydrogen (secondary N) is 2. The number of thiophene rings is 1. The summed E-state index contributed by atoms with van der Waals surface area (Å²) in [6, 6.07) is 4.93. The van der Waals surface area contributed by atoms with E-state index >= 15 is 0 Å². The van der Waals surface area contributed by atoms with Crippen molar-refractivity contribution in [2.24, 2.45) is 11.8 Å². The van der Waals surface area contributed by atoms with Gasteiger partial charge in [-0.15, -0.1) is 11.3 Å². The Hall–Kier alpha value is -0.380. The predicted octanol–water partition coefficient (Wildman–Crippen LogP) is 3.03. The van der Waals surface area contributed by atoms with E-state index in [2.05, 4.69) is 42.0 Å². The van der Waals surface area contributed by atoms with Gasteiger partial charge < -0.3 is 10.6 Å². The van der Waals surface area contributed by atoms with Crippen LogP contribution in [0.2, 0.25) is 0 Å². The highest BCUT2D eigenvalue weighted by Gasteiger charge is 2.19. The van der Waals surface area contributed by atoms with E-state index in [1.54, 1.807) is 0 Å². The zero-order valence-corrected chi connectivity index (χ0v) is 11.7. The Morgan fingerprint density at radius 3 is 3.00 bits per heavy atom. The highest BCUT2D eigenvalue weighted by atomic mass is 32.1. The molecule has 1 aromatic heterocycles. The minimum Gasteiger partial charge on any atom is -0.316 e. The smallest absolute Gasteiger partial charge is 0.0438 e. The van der Waals surface area contributed by atoms with Crippen LogP contribution < -0.4 is 10.6 Å². The van der Waals surface area contributed by atoms with Crippen molar-refractivity contribution in [3.8, 4) is 0 Å². The molecule has 2 heterocycles. The van der Waals surface area contributed by atoms with Crippen LogP contribution in [-0.2, 0) is 0 Å². The molecule has 2 nitrogen and oxygen atoms in total. The molecule has 2 rings (SSSR count). The van der Waals surface area contributed by atoms with Gasteiger partial charge in [0, 0.05) is 10.9 Å². The number of hydrogen-bond acceptors (Lipinski definition) is 3. The summed E-state index contributed by atoms with van der Waals surface area (Å²) in [7, 11) is 0. The third-order valence-corrected chi connectivity index (χ3v) is 4.50. The number of rotatable bonds is 5. The van der Waals surface area contributed by atoms with Crippen LogP contribution in [0.5, 0.6) is 0 Å². The van der Waals surface area contributed by atoms with Crippen molar-refractivity contribution >= 4 is 11.3 Å². The zero-order chi connectivity index (χ0) is 12.1. The fourth-order valence-corrected chi connectivity index (χ4v) is 3.50. The summed E-state index contributed by atoms with van der Waals surface area (Å²) in [5.41, 5.74) is 0. The molecule has 0 amide bonds. The third kappa shape index (κ3) is 3.80. The molecule has 0 bridgehead atoms. The van der Waals surface area contributed by atoms with Crippen molar-refractivity contribution in [1.82, 2.24) is 10.6 Å². The second-order valence-electron chi connectivity index (χ2n) is 5.36. The quantitative estimate of drug-likeness (QED) is 0.841. The van der Waals surface area contributed by atoms with E-state index in [0.29, 0.717) is 12.0 Å². The minimum absolute atomic E-state index is 0.525. The molecule has 1 saturated heterocycles. The highest BCUT2D eigenvalue weighted by molar-refractivity contribution is 7.10. The highest BCUT2D eigenvalue weighted by Crippen LogP contribution is 2.26. The fourth-order valence-electron chi connectivity index (χ4n) is 2.52. The van der Waals surface area contributed by atoms with E-state index in [-0.39, 0.29) is 0 Å². The lowest BCUT2D eigenvalue weighted by atomic mass is 9.97. The van der Waals surface area contributed by atoms with Crippen molar-refractivity contribution in [3.05, 3.63) is 22.4 Å². The number of piperidine rings is 1. The van der Waals surface area contributed by atoms with Gasteiger partial charge in [0.25, 0.3) is 0 Å². The molecule has 0 aromatic carbocycles. The molecule has 2 unspecified atom stereocenters. The molecule has 1 aromatic rings. The van der Waals surface area contributed by atoms with Gasteiger partial charge in [-0.2, -0.15) is 0 Å². The largest absolute Gasteiger partial charge is 0.316 e. The molecule has 1 aliphatic heterocycles. The Labute approximate surface area is 109 Å². The van der Waals surface area contributed by atoms with Gasteiger partial charge in [-0.05, 0) is 55.8 Å². The Bertz CT molecular complexity index is 302. The second-order valence-corrected chi connectivity index (χ2v) is 6.34. The monoisotopic (exact) mass is 252 g/mol. The Morgan fingerprint density at radius 2 is 2.41 bits per heavy atom. The molecule has 1 fully saturated rings. The second kappa shape index (κ2) is 6.53. The minimum atomic E-state index is 0.525. The van der Waals surface area contributed by atoms with Crippen LogP contribution in [-0.4, -0.2) is 19.6 Å². The Kier molecular flexibility index (Phi) is 5.01. The SMILES string of the molecule is CC(C)C(NCC1CCCNC1)c1cccs1. The lowest BCUT2D eigenvalue weighted by Gasteiger charge is -2.27. The van der Waals surface area contributed by atoms with Crippen molar-refractivity contribution in [2.45, 2.75) is 32.7 Å². The van der Waals surface area contributed by atoms with Gasteiger partial charge in [-0.1, -0.05) is 19.9 Å². The summed E-state index contributed by atoms with van der Waals surface area (Å²) in [4.78, 5) is 1.48. The molecule has 2 N–H and O–H groups in total. The van der Waals surface area contributed by atoms with Gasteiger partial charge in [-0.3, -0.25) is 0 Å². The molecule has 96 valence electrons. The Balaban J connectivity index is 1.85. The first-order valence-electron chi connectivity index (χ1n) is 6.75. The van der Waals surface area contributed by atoms with E-state index in [1.165, 1.54) is 30.8 Å². The molecule has 0 saturated carbocycles. The van der Waals surface area contributed by atoms with E-state index in [9.17, 15) is 0 Å². The standard InChI is InChI=1S/C14H24N2S/c1-11(2)14(13-6-4-8-17-13)16-10-12-5-3-7-15-9-12/h4,6,8,11-12,14-16H,3,5,7,9-10H2,1-2H3. The molecule has 1 aliphatic rings. The lowest BCUT2D eigenvalue weighted by Crippen LogP contribution is -2.38. The lowest BCUT2D eigenvalue weighted by molar-refractivity contribution is 0.322. The van der Waals surface area contributed by atoms with Crippen LogP contribution in [0.3, 0.4) is 0 Å². The summed E-state index contributed by atoms with van der Waals surface area (Å²) in [6.07, 6.45) is 2.70. The normalized spacial score (nSPS) is 22.9. The Morgan fingerprint density at radius 1 is 1.53 bits per heavy atom. The van der Waals surface area contributed by atoms with E-state index in [0.717, 1.165) is 12.5 Å². The van der Waals surface area contributed by atoms with E-state index in [1.807, 2.05) is 11.3 Å². The molecule has 3 heteroatoms. The van der Waals surface area contributed by atoms with Crippen molar-refractivity contribution in [3.63, 3.8) is 0 Å². The van der Waals surface area contributed by atoms with Gasteiger partial charge in [-0.25, -0.2) is 0 Å².